The van der Waals surface area contributed by atoms with Gasteiger partial charge in [0.25, 0.3) is 0 Å². The summed E-state index contributed by atoms with van der Waals surface area (Å²) in [5.74, 6) is 0.170. The summed E-state index contributed by atoms with van der Waals surface area (Å²) in [6.45, 7) is 7.12. The second-order valence-electron chi connectivity index (χ2n) is 11.3. The predicted molar refractivity (Wildman–Crippen MR) is 113 cm³/mol. The van der Waals surface area contributed by atoms with Gasteiger partial charge in [-0.15, -0.1) is 0 Å². The van der Waals surface area contributed by atoms with Crippen molar-refractivity contribution in [1.29, 1.82) is 0 Å². The van der Waals surface area contributed by atoms with E-state index in [9.17, 15) is 22.8 Å². The Balaban J connectivity index is 1.50. The summed E-state index contributed by atoms with van der Waals surface area (Å²) < 4.78 is 39.2. The monoisotopic (exact) mass is 439 g/mol. The molecule has 3 nitrogen and oxygen atoms in total. The van der Waals surface area contributed by atoms with Gasteiger partial charge in [0.15, 0.2) is 5.78 Å². The van der Waals surface area contributed by atoms with Crippen molar-refractivity contribution in [2.75, 3.05) is 0 Å². The molecule has 0 aliphatic heterocycles. The molecule has 0 radical (unpaired) electrons. The molecule has 0 spiro atoms. The van der Waals surface area contributed by atoms with Crippen LogP contribution in [0.25, 0.3) is 0 Å². The van der Waals surface area contributed by atoms with Crippen LogP contribution in [0.5, 0.6) is 0 Å². The quantitative estimate of drug-likeness (QED) is 0.614. The van der Waals surface area contributed by atoms with E-state index in [0.717, 1.165) is 45.4 Å². The van der Waals surface area contributed by atoms with Crippen molar-refractivity contribution >= 4 is 11.7 Å². The lowest BCUT2D eigenvalue weighted by molar-refractivity contribution is -0.177. The molecule has 4 rings (SSSR count). The van der Waals surface area contributed by atoms with E-state index in [4.69, 9.17) is 0 Å². The number of hydrogen-bond donors (Lipinski definition) is 1. The smallest absolute Gasteiger partial charge is 0.353 e. The Kier molecular flexibility index (Phi) is 5.62. The first-order valence-corrected chi connectivity index (χ1v) is 12.0. The second-order valence-corrected chi connectivity index (χ2v) is 11.3. The number of rotatable bonds is 3. The van der Waals surface area contributed by atoms with Crippen LogP contribution in [0.2, 0.25) is 0 Å². The largest absolute Gasteiger partial charge is 0.393 e. The molecule has 0 aromatic carbocycles. The van der Waals surface area contributed by atoms with E-state index >= 15 is 0 Å². The molecule has 4 aliphatic carbocycles. The molecule has 9 atom stereocenters. The van der Waals surface area contributed by atoms with Gasteiger partial charge in [-0.05, 0) is 86.0 Å². The minimum Gasteiger partial charge on any atom is -0.353 e. The van der Waals surface area contributed by atoms with Crippen molar-refractivity contribution in [3.8, 4) is 0 Å². The number of ketones is 1. The number of hydrogen-bond acceptors (Lipinski definition) is 2. The molecule has 2 unspecified atom stereocenters. The van der Waals surface area contributed by atoms with Crippen LogP contribution in [0.3, 0.4) is 0 Å². The number of allylic oxidation sites excluding steroid dienone is 2. The van der Waals surface area contributed by atoms with Crippen molar-refractivity contribution in [2.24, 2.45) is 46.3 Å². The Labute approximate surface area is 183 Å². The highest BCUT2D eigenvalue weighted by molar-refractivity contribution is 5.91. The minimum absolute atomic E-state index is 0.0508. The third-order valence-electron chi connectivity index (χ3n) is 9.99. The summed E-state index contributed by atoms with van der Waals surface area (Å²) in [6, 6.07) is -0.925. The Hall–Kier alpha value is -1.33. The van der Waals surface area contributed by atoms with Crippen LogP contribution >= 0.6 is 0 Å². The van der Waals surface area contributed by atoms with Crippen molar-refractivity contribution in [3.05, 3.63) is 12.2 Å². The van der Waals surface area contributed by atoms with Gasteiger partial charge in [-0.1, -0.05) is 26.8 Å². The molecule has 0 saturated heterocycles. The molecule has 1 amide bonds. The number of amides is 1. The first kappa shape index (κ1) is 22.8. The van der Waals surface area contributed by atoms with E-state index in [1.807, 2.05) is 0 Å². The lowest BCUT2D eigenvalue weighted by Gasteiger charge is -2.58. The molecular weight excluding hydrogens is 403 g/mol. The van der Waals surface area contributed by atoms with Crippen molar-refractivity contribution in [2.45, 2.75) is 84.9 Å². The zero-order valence-corrected chi connectivity index (χ0v) is 19.1. The van der Waals surface area contributed by atoms with Gasteiger partial charge in [0.05, 0.1) is 5.92 Å². The number of carbonyl (C=O) groups excluding carboxylic acids is 2. The first-order valence-electron chi connectivity index (χ1n) is 12.0. The zero-order valence-electron chi connectivity index (χ0n) is 19.1. The van der Waals surface area contributed by atoms with Gasteiger partial charge in [-0.25, -0.2) is 0 Å². The van der Waals surface area contributed by atoms with E-state index in [0.29, 0.717) is 30.1 Å². The Morgan fingerprint density at radius 1 is 1.10 bits per heavy atom. The molecule has 0 aromatic heterocycles. The maximum atomic E-state index is 13.1. The molecule has 4 aliphatic rings. The summed E-state index contributed by atoms with van der Waals surface area (Å²) in [4.78, 5) is 25.1. The zero-order chi connectivity index (χ0) is 22.8. The predicted octanol–water partition coefficient (Wildman–Crippen LogP) is 5.69. The average molecular weight is 440 g/mol. The average Bonchev–Trinajstić information content (AvgIpc) is 3.04. The second kappa shape index (κ2) is 7.62. The lowest BCUT2D eigenvalue weighted by Crippen LogP contribution is -2.54. The highest BCUT2D eigenvalue weighted by atomic mass is 19.4. The van der Waals surface area contributed by atoms with Crippen LogP contribution in [0.15, 0.2) is 12.2 Å². The normalized spacial score (nSPS) is 44.1. The highest BCUT2D eigenvalue weighted by Gasteiger charge is 2.60. The Morgan fingerprint density at radius 2 is 1.81 bits per heavy atom. The summed E-state index contributed by atoms with van der Waals surface area (Å²) in [7, 11) is 0. The van der Waals surface area contributed by atoms with E-state index in [1.165, 1.54) is 6.92 Å². The van der Waals surface area contributed by atoms with Gasteiger partial charge in [-0.3, -0.25) is 9.59 Å². The van der Waals surface area contributed by atoms with Crippen LogP contribution < -0.4 is 5.32 Å². The van der Waals surface area contributed by atoms with E-state index in [-0.39, 0.29) is 28.4 Å². The topological polar surface area (TPSA) is 46.2 Å². The fourth-order valence-electron chi connectivity index (χ4n) is 7.80. The fraction of sp³-hybridized carbons (Fsp3) is 0.840. The molecule has 3 fully saturated rings. The Bertz CT molecular complexity index is 777. The van der Waals surface area contributed by atoms with Gasteiger partial charge in [0.1, 0.15) is 0 Å². The number of alkyl halides is 3. The molecule has 3 saturated carbocycles. The number of halogens is 3. The van der Waals surface area contributed by atoms with Gasteiger partial charge in [0.2, 0.25) is 5.91 Å². The van der Waals surface area contributed by atoms with Crippen LogP contribution in [0.4, 0.5) is 13.2 Å². The fourth-order valence-corrected chi connectivity index (χ4v) is 7.80. The van der Waals surface area contributed by atoms with Gasteiger partial charge < -0.3 is 5.32 Å². The van der Waals surface area contributed by atoms with Crippen molar-refractivity contribution in [3.63, 3.8) is 0 Å². The van der Waals surface area contributed by atoms with Crippen LogP contribution in [-0.2, 0) is 9.59 Å². The van der Waals surface area contributed by atoms with Crippen LogP contribution in [-0.4, -0.2) is 23.9 Å². The minimum atomic E-state index is -4.31. The molecule has 1 N–H and O–H groups in total. The first-order chi connectivity index (χ1) is 14.4. The van der Waals surface area contributed by atoms with Crippen molar-refractivity contribution in [1.82, 2.24) is 5.32 Å². The van der Waals surface area contributed by atoms with Gasteiger partial charge >= 0.3 is 6.18 Å². The summed E-state index contributed by atoms with van der Waals surface area (Å²) in [5, 5.41) is 2.71. The van der Waals surface area contributed by atoms with E-state index < -0.39 is 18.1 Å². The van der Waals surface area contributed by atoms with Crippen molar-refractivity contribution < 1.29 is 22.8 Å². The van der Waals surface area contributed by atoms with Gasteiger partial charge in [0, 0.05) is 18.4 Å². The number of nitrogens with one attached hydrogen (secondary N) is 1. The third-order valence-corrected chi connectivity index (χ3v) is 9.99. The molecule has 31 heavy (non-hydrogen) atoms. The third kappa shape index (κ3) is 3.66. The van der Waals surface area contributed by atoms with E-state index in [2.05, 4.69) is 25.2 Å². The summed E-state index contributed by atoms with van der Waals surface area (Å²) in [5.41, 5.74) is -0.0982. The van der Waals surface area contributed by atoms with Crippen LogP contribution in [0, 0.1) is 46.3 Å². The molecule has 174 valence electrons. The maximum absolute atomic E-state index is 13.1. The molecule has 6 heteroatoms. The molecule has 0 bridgehead atoms. The molecule has 0 aromatic rings. The van der Waals surface area contributed by atoms with E-state index in [1.54, 1.807) is 6.08 Å². The lowest BCUT2D eigenvalue weighted by atomic mass is 9.46. The standard InChI is InChI=1S/C25H36F3NO2/c1-14(25(26,27)28)15(2)29-22(31)21-8-7-19-18-6-5-16-13-17(30)9-11-23(16,3)20(18)10-12-24(19,21)4/h9,11,14-16,18-21H,5-8,10,12-13H2,1-4H3,(H,29,31)/t14?,15?,16-,18-,19-,20-,21+,23-,24-/m0/s1. The number of fused-ring (bicyclic) bond motifs is 5. The summed E-state index contributed by atoms with van der Waals surface area (Å²) >= 11 is 0. The molecule has 0 heterocycles. The maximum Gasteiger partial charge on any atom is 0.393 e. The molecular formula is C25H36F3NO2. The SMILES string of the molecule is CC(NC(=O)[C@H]1CC[C@H]2[C@@H]3CC[C@H]4CC(=O)C=C[C@]4(C)[C@H]3CC[C@]12C)C(C)C(F)(F)F. The van der Waals surface area contributed by atoms with Gasteiger partial charge in [-0.2, -0.15) is 13.2 Å². The van der Waals surface area contributed by atoms with Crippen LogP contribution in [0.1, 0.15) is 72.6 Å². The highest BCUT2D eigenvalue weighted by Crippen LogP contribution is 2.66. The Morgan fingerprint density at radius 3 is 2.48 bits per heavy atom. The number of carbonyl (C=O) groups is 2. The summed E-state index contributed by atoms with van der Waals surface area (Å²) in [6.07, 6.45) is 6.14.